The molecule has 2 N–H and O–H groups in total. The molecule has 3 unspecified atom stereocenters. The van der Waals surface area contributed by atoms with Crippen molar-refractivity contribution in [3.05, 3.63) is 18.0 Å². The van der Waals surface area contributed by atoms with E-state index in [0.29, 0.717) is 12.1 Å². The summed E-state index contributed by atoms with van der Waals surface area (Å²) in [5, 5.41) is 15.9. The molecule has 0 radical (unpaired) electrons. The number of rotatable bonds is 4. The Hall–Kier alpha value is -1.89. The van der Waals surface area contributed by atoms with Gasteiger partial charge in [-0.3, -0.25) is 9.48 Å². The first-order valence-electron chi connectivity index (χ1n) is 7.76. The van der Waals surface area contributed by atoms with Gasteiger partial charge in [-0.15, -0.1) is 0 Å². The number of piperidine rings is 1. The monoisotopic (exact) mass is 306 g/mol. The van der Waals surface area contributed by atoms with E-state index in [1.807, 2.05) is 0 Å². The molecule has 3 atom stereocenters. The van der Waals surface area contributed by atoms with E-state index in [-0.39, 0.29) is 17.6 Å². The maximum Gasteiger partial charge on any atom is 0.356 e. The van der Waals surface area contributed by atoms with Gasteiger partial charge in [0, 0.05) is 24.3 Å². The standard InChI is InChI=1S/C15H22N4O3/c1-9(19-6-5-13(17-19)15(21)22)14(20)16-10-7-11-3-4-12(8-10)18(11)2/h5-6,9-12H,3-4,7-8H2,1-2H3,(H,16,20)(H,21,22). The third kappa shape index (κ3) is 2.72. The average Bonchev–Trinajstić information content (AvgIpc) is 3.02. The van der Waals surface area contributed by atoms with Crippen molar-refractivity contribution in [2.24, 2.45) is 0 Å². The highest BCUT2D eigenvalue weighted by Gasteiger charge is 2.39. The largest absolute Gasteiger partial charge is 0.476 e. The van der Waals surface area contributed by atoms with Crippen LogP contribution in [0.4, 0.5) is 0 Å². The first-order valence-corrected chi connectivity index (χ1v) is 7.76. The topological polar surface area (TPSA) is 87.5 Å². The highest BCUT2D eigenvalue weighted by Crippen LogP contribution is 2.34. The highest BCUT2D eigenvalue weighted by atomic mass is 16.4. The lowest BCUT2D eigenvalue weighted by atomic mass is 9.98. The maximum atomic E-state index is 12.4. The van der Waals surface area contributed by atoms with Crippen LogP contribution in [0.2, 0.25) is 0 Å². The normalized spacial score (nSPS) is 29.3. The van der Waals surface area contributed by atoms with Gasteiger partial charge in [-0.05, 0) is 45.7 Å². The van der Waals surface area contributed by atoms with Crippen molar-refractivity contribution < 1.29 is 14.7 Å². The molecular formula is C15H22N4O3. The molecule has 0 aliphatic carbocycles. The van der Waals surface area contributed by atoms with Crippen molar-refractivity contribution >= 4 is 11.9 Å². The number of hydrogen-bond acceptors (Lipinski definition) is 4. The zero-order chi connectivity index (χ0) is 15.9. The molecular weight excluding hydrogens is 284 g/mol. The fourth-order valence-corrected chi connectivity index (χ4v) is 3.64. The Morgan fingerprint density at radius 2 is 2.00 bits per heavy atom. The van der Waals surface area contributed by atoms with Gasteiger partial charge in [0.05, 0.1) is 0 Å². The zero-order valence-electron chi connectivity index (χ0n) is 12.9. The van der Waals surface area contributed by atoms with Crippen molar-refractivity contribution in [1.29, 1.82) is 0 Å². The van der Waals surface area contributed by atoms with Crippen LogP contribution < -0.4 is 5.32 Å². The van der Waals surface area contributed by atoms with Crippen molar-refractivity contribution in [2.75, 3.05) is 7.05 Å². The summed E-state index contributed by atoms with van der Waals surface area (Å²) in [6.45, 7) is 1.73. The van der Waals surface area contributed by atoms with Crippen molar-refractivity contribution in [3.8, 4) is 0 Å². The Bertz CT molecular complexity index is 571. The molecule has 3 rings (SSSR count). The maximum absolute atomic E-state index is 12.4. The molecule has 1 amide bonds. The van der Waals surface area contributed by atoms with Crippen molar-refractivity contribution in [2.45, 2.75) is 56.8 Å². The average molecular weight is 306 g/mol. The number of hydrogen-bond donors (Lipinski definition) is 2. The Balaban J connectivity index is 1.60. The number of amides is 1. The summed E-state index contributed by atoms with van der Waals surface area (Å²) >= 11 is 0. The second-order valence-corrected chi connectivity index (χ2v) is 6.39. The van der Waals surface area contributed by atoms with E-state index in [1.165, 1.54) is 29.8 Å². The number of carboxylic acid groups (broad SMARTS) is 1. The number of aromatic carboxylic acids is 1. The molecule has 0 spiro atoms. The highest BCUT2D eigenvalue weighted by molar-refractivity contribution is 5.85. The summed E-state index contributed by atoms with van der Waals surface area (Å²) in [6.07, 6.45) is 5.94. The lowest BCUT2D eigenvalue weighted by molar-refractivity contribution is -0.125. The molecule has 1 aromatic rings. The molecule has 2 aliphatic rings. The summed E-state index contributed by atoms with van der Waals surface area (Å²) in [5.41, 5.74) is -0.0445. The molecule has 2 aliphatic heterocycles. The van der Waals surface area contributed by atoms with E-state index < -0.39 is 12.0 Å². The fraction of sp³-hybridized carbons (Fsp3) is 0.667. The van der Waals surface area contributed by atoms with Crippen LogP contribution in [-0.2, 0) is 4.79 Å². The fourth-order valence-electron chi connectivity index (χ4n) is 3.64. The van der Waals surface area contributed by atoms with Crippen LogP contribution in [0.5, 0.6) is 0 Å². The van der Waals surface area contributed by atoms with Gasteiger partial charge in [0.15, 0.2) is 5.69 Å². The number of nitrogens with zero attached hydrogens (tertiary/aromatic N) is 3. The van der Waals surface area contributed by atoms with Gasteiger partial charge in [0.2, 0.25) is 5.91 Å². The molecule has 22 heavy (non-hydrogen) atoms. The summed E-state index contributed by atoms with van der Waals surface area (Å²) in [7, 11) is 2.17. The van der Waals surface area contributed by atoms with Crippen molar-refractivity contribution in [3.63, 3.8) is 0 Å². The van der Waals surface area contributed by atoms with Crippen LogP contribution in [0.25, 0.3) is 0 Å². The lowest BCUT2D eigenvalue weighted by Crippen LogP contribution is -2.49. The van der Waals surface area contributed by atoms with Crippen LogP contribution in [-0.4, -0.2) is 56.8 Å². The Labute approximate surface area is 129 Å². The molecule has 1 aromatic heterocycles. The van der Waals surface area contributed by atoms with Crippen LogP contribution in [0.3, 0.4) is 0 Å². The second-order valence-electron chi connectivity index (χ2n) is 6.39. The van der Waals surface area contributed by atoms with Gasteiger partial charge in [0.25, 0.3) is 0 Å². The van der Waals surface area contributed by atoms with E-state index >= 15 is 0 Å². The Morgan fingerprint density at radius 3 is 2.55 bits per heavy atom. The SMILES string of the molecule is CC(C(=O)NC1CC2CCC(C1)N2C)n1ccc(C(=O)O)n1. The van der Waals surface area contributed by atoms with Crippen molar-refractivity contribution in [1.82, 2.24) is 20.0 Å². The van der Waals surface area contributed by atoms with E-state index in [2.05, 4.69) is 22.4 Å². The number of carbonyl (C=O) groups excluding carboxylic acids is 1. The summed E-state index contributed by atoms with van der Waals surface area (Å²) in [6, 6.07) is 2.25. The smallest absolute Gasteiger partial charge is 0.356 e. The van der Waals surface area contributed by atoms with Gasteiger partial charge >= 0.3 is 5.97 Å². The second kappa shape index (κ2) is 5.72. The van der Waals surface area contributed by atoms with E-state index in [9.17, 15) is 9.59 Å². The predicted octanol–water partition coefficient (Wildman–Crippen LogP) is 0.884. The van der Waals surface area contributed by atoms with Gasteiger partial charge in [0.1, 0.15) is 6.04 Å². The van der Waals surface area contributed by atoms with Crippen LogP contribution in [0.15, 0.2) is 12.3 Å². The first-order chi connectivity index (χ1) is 10.5. The molecule has 2 fully saturated rings. The van der Waals surface area contributed by atoms with Gasteiger partial charge in [-0.25, -0.2) is 4.79 Å². The molecule has 0 aromatic carbocycles. The van der Waals surface area contributed by atoms with Gasteiger partial charge in [-0.1, -0.05) is 0 Å². The van der Waals surface area contributed by atoms with E-state index in [1.54, 1.807) is 6.92 Å². The van der Waals surface area contributed by atoms with Crippen LogP contribution in [0.1, 0.15) is 49.1 Å². The van der Waals surface area contributed by atoms with E-state index in [0.717, 1.165) is 12.8 Å². The molecule has 3 heterocycles. The first kappa shape index (κ1) is 15.0. The zero-order valence-corrected chi connectivity index (χ0v) is 12.9. The van der Waals surface area contributed by atoms with Gasteiger partial charge in [-0.2, -0.15) is 5.10 Å². The Morgan fingerprint density at radius 1 is 1.36 bits per heavy atom. The number of carbonyl (C=O) groups is 2. The molecule has 0 saturated carbocycles. The summed E-state index contributed by atoms with van der Waals surface area (Å²) in [5.74, 6) is -1.19. The molecule has 120 valence electrons. The number of fused-ring (bicyclic) bond motifs is 2. The minimum atomic E-state index is -1.08. The Kier molecular flexibility index (Phi) is 3.90. The number of nitrogens with one attached hydrogen (secondary N) is 1. The predicted molar refractivity (Wildman–Crippen MR) is 79.6 cm³/mol. The molecule has 7 nitrogen and oxygen atoms in total. The number of carboxylic acids is 1. The van der Waals surface area contributed by atoms with Gasteiger partial charge < -0.3 is 15.3 Å². The van der Waals surface area contributed by atoms with Crippen LogP contribution >= 0.6 is 0 Å². The quantitative estimate of drug-likeness (QED) is 0.862. The summed E-state index contributed by atoms with van der Waals surface area (Å²) in [4.78, 5) is 25.7. The van der Waals surface area contributed by atoms with Crippen LogP contribution in [0, 0.1) is 0 Å². The van der Waals surface area contributed by atoms with E-state index in [4.69, 9.17) is 5.11 Å². The third-order valence-corrected chi connectivity index (χ3v) is 5.05. The lowest BCUT2D eigenvalue weighted by Gasteiger charge is -2.36. The minimum Gasteiger partial charge on any atom is -0.476 e. The molecule has 2 bridgehead atoms. The molecule has 2 saturated heterocycles. The number of aromatic nitrogens is 2. The molecule has 7 heteroatoms. The summed E-state index contributed by atoms with van der Waals surface area (Å²) < 4.78 is 1.41. The minimum absolute atomic E-state index is 0.0445. The third-order valence-electron chi connectivity index (χ3n) is 5.05.